The SMILES string of the molecule is CCNC(=NCCNc1ccccc1[N+](=O)[O-])N(C)CC(=O)N(CC)CC.I. The molecule has 10 heteroatoms. The first-order chi connectivity index (χ1) is 12.9. The van der Waals surface area contributed by atoms with Crippen LogP contribution in [-0.2, 0) is 4.79 Å². The monoisotopic (exact) mass is 506 g/mol. The van der Waals surface area contributed by atoms with Gasteiger partial charge in [0.25, 0.3) is 5.69 Å². The van der Waals surface area contributed by atoms with Gasteiger partial charge in [-0.2, -0.15) is 0 Å². The lowest BCUT2D eigenvalue weighted by molar-refractivity contribution is -0.384. The Labute approximate surface area is 183 Å². The van der Waals surface area contributed by atoms with E-state index in [0.717, 1.165) is 0 Å². The van der Waals surface area contributed by atoms with Crippen molar-refractivity contribution in [1.82, 2.24) is 15.1 Å². The van der Waals surface area contributed by atoms with Crippen LogP contribution in [0.5, 0.6) is 0 Å². The third-order valence-corrected chi connectivity index (χ3v) is 3.97. The van der Waals surface area contributed by atoms with Gasteiger partial charge in [-0.1, -0.05) is 12.1 Å². The highest BCUT2D eigenvalue weighted by atomic mass is 127. The molecule has 0 spiro atoms. The second-order valence-corrected chi connectivity index (χ2v) is 5.86. The number of nitro benzene ring substituents is 1. The number of halogens is 1. The van der Waals surface area contributed by atoms with Gasteiger partial charge < -0.3 is 20.4 Å². The fourth-order valence-corrected chi connectivity index (χ4v) is 2.56. The minimum Gasteiger partial charge on any atom is -0.378 e. The number of nitrogens with zero attached hydrogens (tertiary/aromatic N) is 4. The molecule has 1 aromatic rings. The summed E-state index contributed by atoms with van der Waals surface area (Å²) in [6.45, 7) is 9.00. The molecule has 0 aliphatic carbocycles. The minimum atomic E-state index is -0.414. The summed E-state index contributed by atoms with van der Waals surface area (Å²) in [5, 5.41) is 17.2. The maximum Gasteiger partial charge on any atom is 0.292 e. The molecule has 1 aromatic carbocycles. The van der Waals surface area contributed by atoms with Gasteiger partial charge in [0.2, 0.25) is 5.91 Å². The first-order valence-electron chi connectivity index (χ1n) is 9.19. The first-order valence-corrected chi connectivity index (χ1v) is 9.19. The summed E-state index contributed by atoms with van der Waals surface area (Å²) in [6.07, 6.45) is 0. The second-order valence-electron chi connectivity index (χ2n) is 5.86. The van der Waals surface area contributed by atoms with E-state index < -0.39 is 4.92 Å². The maximum atomic E-state index is 12.3. The molecule has 0 atom stereocenters. The van der Waals surface area contributed by atoms with Crippen LogP contribution in [0.3, 0.4) is 0 Å². The molecule has 0 unspecified atom stereocenters. The highest BCUT2D eigenvalue weighted by Gasteiger charge is 2.15. The first kappa shape index (κ1) is 25.9. The average Bonchev–Trinajstić information content (AvgIpc) is 2.65. The van der Waals surface area contributed by atoms with Crippen LogP contribution in [0.15, 0.2) is 29.3 Å². The minimum absolute atomic E-state index is 0. The molecule has 1 rings (SSSR count). The summed E-state index contributed by atoms with van der Waals surface area (Å²) < 4.78 is 0. The third-order valence-electron chi connectivity index (χ3n) is 3.97. The largest absolute Gasteiger partial charge is 0.378 e. The number of nitro groups is 1. The summed E-state index contributed by atoms with van der Waals surface area (Å²) in [5.41, 5.74) is 0.503. The molecule has 2 N–H and O–H groups in total. The van der Waals surface area contributed by atoms with Gasteiger partial charge in [0.15, 0.2) is 5.96 Å². The number of anilines is 1. The average molecular weight is 506 g/mol. The van der Waals surface area contributed by atoms with E-state index in [9.17, 15) is 14.9 Å². The lowest BCUT2D eigenvalue weighted by atomic mass is 10.2. The molecule has 0 aliphatic rings. The molecule has 158 valence electrons. The number of hydrogen-bond acceptors (Lipinski definition) is 5. The number of aliphatic imine (C=N–C) groups is 1. The van der Waals surface area contributed by atoms with Crippen LogP contribution < -0.4 is 10.6 Å². The Kier molecular flexibility index (Phi) is 12.9. The fourth-order valence-electron chi connectivity index (χ4n) is 2.56. The number of nitrogens with one attached hydrogen (secondary N) is 2. The van der Waals surface area contributed by atoms with Crippen molar-refractivity contribution in [3.05, 3.63) is 34.4 Å². The van der Waals surface area contributed by atoms with Crippen molar-refractivity contribution >= 4 is 47.2 Å². The molecule has 9 nitrogen and oxygen atoms in total. The van der Waals surface area contributed by atoms with Crippen LogP contribution in [0.25, 0.3) is 0 Å². The zero-order valence-electron chi connectivity index (χ0n) is 17.0. The van der Waals surface area contributed by atoms with Crippen molar-refractivity contribution in [3.63, 3.8) is 0 Å². The Morgan fingerprint density at radius 1 is 1.21 bits per heavy atom. The van der Waals surface area contributed by atoms with Crippen LogP contribution in [0, 0.1) is 10.1 Å². The number of benzene rings is 1. The van der Waals surface area contributed by atoms with E-state index >= 15 is 0 Å². The van der Waals surface area contributed by atoms with Gasteiger partial charge >= 0.3 is 0 Å². The molecule has 0 aromatic heterocycles. The number of rotatable bonds is 10. The molecule has 0 bridgehead atoms. The number of likely N-dealkylation sites (N-methyl/N-ethyl adjacent to an activating group) is 2. The molecule has 28 heavy (non-hydrogen) atoms. The molecular formula is C18H31IN6O3. The summed E-state index contributed by atoms with van der Waals surface area (Å²) in [6, 6.07) is 6.51. The molecule has 1 amide bonds. The van der Waals surface area contributed by atoms with Gasteiger partial charge in [-0.15, -0.1) is 24.0 Å². The van der Waals surface area contributed by atoms with Gasteiger partial charge in [0.1, 0.15) is 5.69 Å². The van der Waals surface area contributed by atoms with Crippen LogP contribution in [-0.4, -0.2) is 72.9 Å². The molecule has 0 aliphatic heterocycles. The van der Waals surface area contributed by atoms with E-state index in [1.54, 1.807) is 28.0 Å². The quantitative estimate of drug-likeness (QED) is 0.126. The Balaban J connectivity index is 0.00000729. The fraction of sp³-hybridized carbons (Fsp3) is 0.556. The van der Waals surface area contributed by atoms with Gasteiger partial charge in [-0.3, -0.25) is 19.9 Å². The van der Waals surface area contributed by atoms with E-state index in [4.69, 9.17) is 0 Å². The predicted molar refractivity (Wildman–Crippen MR) is 124 cm³/mol. The van der Waals surface area contributed by atoms with Gasteiger partial charge in [0.05, 0.1) is 18.0 Å². The van der Waals surface area contributed by atoms with E-state index in [0.29, 0.717) is 44.4 Å². The van der Waals surface area contributed by atoms with Crippen molar-refractivity contribution in [2.45, 2.75) is 20.8 Å². The second kappa shape index (κ2) is 14.0. The maximum absolute atomic E-state index is 12.3. The van der Waals surface area contributed by atoms with Crippen LogP contribution in [0.2, 0.25) is 0 Å². The summed E-state index contributed by atoms with van der Waals surface area (Å²) in [5.74, 6) is 0.675. The van der Waals surface area contributed by atoms with Crippen LogP contribution in [0.1, 0.15) is 20.8 Å². The van der Waals surface area contributed by atoms with Gasteiger partial charge in [0, 0.05) is 39.3 Å². The highest BCUT2D eigenvalue weighted by molar-refractivity contribution is 14.0. The van der Waals surface area contributed by atoms with Crippen molar-refractivity contribution < 1.29 is 9.72 Å². The van der Waals surface area contributed by atoms with E-state index in [1.807, 2.05) is 27.8 Å². The molecule has 0 radical (unpaired) electrons. The van der Waals surface area contributed by atoms with Crippen LogP contribution in [0.4, 0.5) is 11.4 Å². The normalized spacial score (nSPS) is 10.6. The van der Waals surface area contributed by atoms with Crippen molar-refractivity contribution in [3.8, 4) is 0 Å². The van der Waals surface area contributed by atoms with Gasteiger partial charge in [-0.25, -0.2) is 0 Å². The van der Waals surface area contributed by atoms with E-state index in [-0.39, 0.29) is 42.1 Å². The Bertz CT molecular complexity index is 652. The van der Waals surface area contributed by atoms with E-state index in [2.05, 4.69) is 15.6 Å². The number of amides is 1. The standard InChI is InChI=1S/C18H30N6O3.HI/c1-5-19-18(22(4)14-17(25)23(6-2)7-3)21-13-12-20-15-10-8-9-11-16(15)24(26)27;/h8-11,20H,5-7,12-14H2,1-4H3,(H,19,21);1H. The summed E-state index contributed by atoms with van der Waals surface area (Å²) in [7, 11) is 1.82. The molecule has 0 saturated carbocycles. The summed E-state index contributed by atoms with van der Waals surface area (Å²) >= 11 is 0. The number of para-hydroxylation sites is 2. The van der Waals surface area contributed by atoms with E-state index in [1.165, 1.54) is 6.07 Å². The Hall–Kier alpha value is -2.11. The zero-order chi connectivity index (χ0) is 20.2. The lowest BCUT2D eigenvalue weighted by Crippen LogP contribution is -2.45. The molecule has 0 fully saturated rings. The third kappa shape index (κ3) is 8.28. The number of carbonyl (C=O) groups is 1. The lowest BCUT2D eigenvalue weighted by Gasteiger charge is -2.25. The van der Waals surface area contributed by atoms with Gasteiger partial charge in [-0.05, 0) is 26.8 Å². The Morgan fingerprint density at radius 2 is 1.86 bits per heavy atom. The zero-order valence-corrected chi connectivity index (χ0v) is 19.3. The summed E-state index contributed by atoms with van der Waals surface area (Å²) in [4.78, 5) is 30.9. The van der Waals surface area contributed by atoms with Crippen molar-refractivity contribution in [2.24, 2.45) is 4.99 Å². The Morgan fingerprint density at radius 3 is 2.43 bits per heavy atom. The predicted octanol–water partition coefficient (Wildman–Crippen LogP) is 2.39. The number of guanidine groups is 1. The number of carbonyl (C=O) groups excluding carboxylic acids is 1. The molecular weight excluding hydrogens is 475 g/mol. The smallest absolute Gasteiger partial charge is 0.292 e. The van der Waals surface area contributed by atoms with Crippen molar-refractivity contribution in [1.29, 1.82) is 0 Å². The molecule has 0 heterocycles. The van der Waals surface area contributed by atoms with Crippen LogP contribution >= 0.6 is 24.0 Å². The van der Waals surface area contributed by atoms with Crippen molar-refractivity contribution in [2.75, 3.05) is 51.6 Å². The highest BCUT2D eigenvalue weighted by Crippen LogP contribution is 2.22. The number of hydrogen-bond donors (Lipinski definition) is 2. The topological polar surface area (TPSA) is 103 Å². The molecule has 0 saturated heterocycles.